The predicted octanol–water partition coefficient (Wildman–Crippen LogP) is 3.54. The number of allylic oxidation sites excluding steroid dienone is 4. The first-order valence-corrected chi connectivity index (χ1v) is 5.61. The lowest BCUT2D eigenvalue weighted by atomic mass is 10.2. The van der Waals surface area contributed by atoms with Crippen LogP contribution in [0, 0.1) is 13.8 Å². The summed E-state index contributed by atoms with van der Waals surface area (Å²) in [6.45, 7) is 11.6. The number of anilines is 1. The van der Waals surface area contributed by atoms with Crippen molar-refractivity contribution in [2.75, 3.05) is 5.32 Å². The standard InChI is InChI=1S/C14H19N3/c1-6-10(3)8-13(7-2)17-14-15-11(4)9-12(5)16-14/h6-9H,1H2,2-5H3,(H,15,16,17)/b10-8-,13-7+. The van der Waals surface area contributed by atoms with E-state index in [1.807, 2.05) is 52.0 Å². The van der Waals surface area contributed by atoms with E-state index in [1.165, 1.54) is 0 Å². The molecular formula is C14H19N3. The largest absolute Gasteiger partial charge is 0.324 e. The highest BCUT2D eigenvalue weighted by molar-refractivity contribution is 5.42. The van der Waals surface area contributed by atoms with Crippen LogP contribution >= 0.6 is 0 Å². The summed E-state index contributed by atoms with van der Waals surface area (Å²) < 4.78 is 0. The first-order chi connectivity index (χ1) is 8.05. The minimum Gasteiger partial charge on any atom is -0.324 e. The molecule has 0 amide bonds. The first kappa shape index (κ1) is 13.2. The molecule has 0 saturated heterocycles. The van der Waals surface area contributed by atoms with E-state index in [2.05, 4.69) is 21.9 Å². The number of hydrogen-bond donors (Lipinski definition) is 1. The Morgan fingerprint density at radius 2 is 1.88 bits per heavy atom. The zero-order valence-electron chi connectivity index (χ0n) is 10.9. The number of nitrogens with zero attached hydrogens (tertiary/aromatic N) is 2. The summed E-state index contributed by atoms with van der Waals surface area (Å²) in [6, 6.07) is 1.95. The third-order valence-electron chi connectivity index (χ3n) is 2.25. The van der Waals surface area contributed by atoms with E-state index >= 15 is 0 Å². The van der Waals surface area contributed by atoms with Gasteiger partial charge in [-0.2, -0.15) is 0 Å². The Balaban J connectivity index is 2.92. The van der Waals surface area contributed by atoms with Gasteiger partial charge in [0.05, 0.1) is 0 Å². The molecule has 1 N–H and O–H groups in total. The van der Waals surface area contributed by atoms with Crippen LogP contribution in [-0.2, 0) is 0 Å². The SMILES string of the molecule is C=C/C(C)=C\C(=C/C)Nc1nc(C)cc(C)n1. The molecule has 1 heterocycles. The normalized spacial score (nSPS) is 12.5. The van der Waals surface area contributed by atoms with Crippen molar-refractivity contribution >= 4 is 5.95 Å². The van der Waals surface area contributed by atoms with Gasteiger partial charge in [-0.05, 0) is 45.4 Å². The van der Waals surface area contributed by atoms with Crippen molar-refractivity contribution in [3.8, 4) is 0 Å². The highest BCUT2D eigenvalue weighted by Gasteiger charge is 2.00. The first-order valence-electron chi connectivity index (χ1n) is 5.61. The van der Waals surface area contributed by atoms with Gasteiger partial charge in [-0.15, -0.1) is 0 Å². The predicted molar refractivity (Wildman–Crippen MR) is 72.8 cm³/mol. The smallest absolute Gasteiger partial charge is 0.227 e. The van der Waals surface area contributed by atoms with Gasteiger partial charge in [0.25, 0.3) is 0 Å². The minimum absolute atomic E-state index is 0.628. The Hall–Kier alpha value is -1.90. The molecule has 3 heteroatoms. The second-order valence-electron chi connectivity index (χ2n) is 3.94. The van der Waals surface area contributed by atoms with E-state index in [-0.39, 0.29) is 0 Å². The maximum Gasteiger partial charge on any atom is 0.227 e. The Kier molecular flexibility index (Phi) is 4.64. The summed E-state index contributed by atoms with van der Waals surface area (Å²) in [5.74, 6) is 0.628. The molecule has 0 aliphatic rings. The van der Waals surface area contributed by atoms with Gasteiger partial charge in [0.2, 0.25) is 5.95 Å². The second kappa shape index (κ2) is 5.99. The molecule has 17 heavy (non-hydrogen) atoms. The van der Waals surface area contributed by atoms with Gasteiger partial charge in [0.15, 0.2) is 0 Å². The second-order valence-corrected chi connectivity index (χ2v) is 3.94. The molecule has 0 aliphatic heterocycles. The minimum atomic E-state index is 0.628. The zero-order valence-corrected chi connectivity index (χ0v) is 10.9. The molecule has 0 atom stereocenters. The van der Waals surface area contributed by atoms with Crippen LogP contribution in [0.2, 0.25) is 0 Å². The summed E-state index contributed by atoms with van der Waals surface area (Å²) in [4.78, 5) is 8.67. The van der Waals surface area contributed by atoms with E-state index in [0.29, 0.717) is 5.95 Å². The molecule has 1 aromatic rings. The molecule has 3 nitrogen and oxygen atoms in total. The van der Waals surface area contributed by atoms with Gasteiger partial charge in [0, 0.05) is 17.1 Å². The van der Waals surface area contributed by atoms with Crippen LogP contribution in [0.15, 0.2) is 42.1 Å². The Morgan fingerprint density at radius 3 is 2.35 bits per heavy atom. The van der Waals surface area contributed by atoms with Gasteiger partial charge in [-0.1, -0.05) is 18.7 Å². The third kappa shape index (κ3) is 4.23. The number of aromatic nitrogens is 2. The van der Waals surface area contributed by atoms with E-state index in [4.69, 9.17) is 0 Å². The van der Waals surface area contributed by atoms with Crippen molar-refractivity contribution in [3.63, 3.8) is 0 Å². The number of rotatable bonds is 4. The Morgan fingerprint density at radius 1 is 1.29 bits per heavy atom. The van der Waals surface area contributed by atoms with Crippen molar-refractivity contribution < 1.29 is 0 Å². The van der Waals surface area contributed by atoms with E-state index in [1.54, 1.807) is 0 Å². The molecule has 0 fully saturated rings. The van der Waals surface area contributed by atoms with Crippen molar-refractivity contribution in [3.05, 3.63) is 53.5 Å². The van der Waals surface area contributed by atoms with Crippen molar-refractivity contribution in [1.29, 1.82) is 0 Å². The van der Waals surface area contributed by atoms with Crippen LogP contribution in [0.1, 0.15) is 25.2 Å². The maximum absolute atomic E-state index is 4.34. The monoisotopic (exact) mass is 229 g/mol. The van der Waals surface area contributed by atoms with Gasteiger partial charge >= 0.3 is 0 Å². The van der Waals surface area contributed by atoms with Crippen LogP contribution in [0.4, 0.5) is 5.95 Å². The Labute approximate surface area is 103 Å². The van der Waals surface area contributed by atoms with Crippen LogP contribution in [0.5, 0.6) is 0 Å². The molecule has 0 spiro atoms. The fraction of sp³-hybridized carbons (Fsp3) is 0.286. The molecule has 90 valence electrons. The summed E-state index contributed by atoms with van der Waals surface area (Å²) in [7, 11) is 0. The van der Waals surface area contributed by atoms with Crippen LogP contribution in [0.25, 0.3) is 0 Å². The molecule has 0 unspecified atom stereocenters. The molecule has 1 rings (SSSR count). The Bertz CT molecular complexity index is 450. The highest BCUT2D eigenvalue weighted by Crippen LogP contribution is 2.09. The lowest BCUT2D eigenvalue weighted by Gasteiger charge is -2.07. The average Bonchev–Trinajstić information content (AvgIpc) is 2.26. The van der Waals surface area contributed by atoms with Crippen molar-refractivity contribution in [2.24, 2.45) is 0 Å². The molecule has 0 aliphatic carbocycles. The van der Waals surface area contributed by atoms with E-state index in [0.717, 1.165) is 22.7 Å². The average molecular weight is 229 g/mol. The van der Waals surface area contributed by atoms with Crippen molar-refractivity contribution in [1.82, 2.24) is 9.97 Å². The quantitative estimate of drug-likeness (QED) is 0.802. The third-order valence-corrected chi connectivity index (χ3v) is 2.25. The topological polar surface area (TPSA) is 37.8 Å². The molecule has 0 bridgehead atoms. The molecule has 0 radical (unpaired) electrons. The van der Waals surface area contributed by atoms with Gasteiger partial charge in [-0.3, -0.25) is 0 Å². The van der Waals surface area contributed by atoms with Crippen LogP contribution < -0.4 is 5.32 Å². The number of aryl methyl sites for hydroxylation is 2. The summed E-state index contributed by atoms with van der Waals surface area (Å²) in [5, 5.41) is 3.19. The molecule has 0 aromatic carbocycles. The molecular weight excluding hydrogens is 210 g/mol. The highest BCUT2D eigenvalue weighted by atomic mass is 15.1. The maximum atomic E-state index is 4.34. The fourth-order valence-corrected chi connectivity index (χ4v) is 1.41. The van der Waals surface area contributed by atoms with Gasteiger partial charge in [0.1, 0.15) is 0 Å². The van der Waals surface area contributed by atoms with Gasteiger partial charge in [-0.25, -0.2) is 9.97 Å². The lowest BCUT2D eigenvalue weighted by molar-refractivity contribution is 1.05. The van der Waals surface area contributed by atoms with Crippen LogP contribution in [-0.4, -0.2) is 9.97 Å². The van der Waals surface area contributed by atoms with Crippen LogP contribution in [0.3, 0.4) is 0 Å². The summed E-state index contributed by atoms with van der Waals surface area (Å²) in [5.41, 5.74) is 3.97. The van der Waals surface area contributed by atoms with Crippen molar-refractivity contribution in [2.45, 2.75) is 27.7 Å². The van der Waals surface area contributed by atoms with Gasteiger partial charge < -0.3 is 5.32 Å². The van der Waals surface area contributed by atoms with E-state index in [9.17, 15) is 0 Å². The van der Waals surface area contributed by atoms with E-state index < -0.39 is 0 Å². The summed E-state index contributed by atoms with van der Waals surface area (Å²) >= 11 is 0. The summed E-state index contributed by atoms with van der Waals surface area (Å²) in [6.07, 6.45) is 5.80. The fourth-order valence-electron chi connectivity index (χ4n) is 1.41. The lowest BCUT2D eigenvalue weighted by Crippen LogP contribution is -2.04. The zero-order chi connectivity index (χ0) is 12.8. The molecule has 1 aromatic heterocycles. The molecule has 0 saturated carbocycles. The number of hydrogen-bond acceptors (Lipinski definition) is 3. The number of nitrogens with one attached hydrogen (secondary N) is 1.